The second-order valence-corrected chi connectivity index (χ2v) is 6.82. The van der Waals surface area contributed by atoms with Gasteiger partial charge in [-0.25, -0.2) is 8.78 Å². The van der Waals surface area contributed by atoms with E-state index in [2.05, 4.69) is 20.1 Å². The van der Waals surface area contributed by atoms with Crippen molar-refractivity contribution in [3.8, 4) is 0 Å². The van der Waals surface area contributed by atoms with Crippen LogP contribution in [0.5, 0.6) is 0 Å². The Labute approximate surface area is 167 Å². The number of piperazine rings is 1. The van der Waals surface area contributed by atoms with Crippen LogP contribution in [-0.4, -0.2) is 37.1 Å². The summed E-state index contributed by atoms with van der Waals surface area (Å²) >= 11 is 0. The molecule has 1 aliphatic rings. The lowest BCUT2D eigenvalue weighted by Gasteiger charge is -2.37. The molecule has 0 spiro atoms. The van der Waals surface area contributed by atoms with Gasteiger partial charge in [0.1, 0.15) is 11.6 Å². The van der Waals surface area contributed by atoms with Crippen molar-refractivity contribution < 1.29 is 13.6 Å². The topological polar surface area (TPSA) is 48.5 Å². The number of aromatic nitrogens is 1. The first-order valence-electron chi connectivity index (χ1n) is 9.36. The fourth-order valence-electron chi connectivity index (χ4n) is 3.36. The highest BCUT2D eigenvalue weighted by Crippen LogP contribution is 2.22. The van der Waals surface area contributed by atoms with Crippen LogP contribution in [0.2, 0.25) is 0 Å². The molecular formula is C22H20F2N4O. The summed E-state index contributed by atoms with van der Waals surface area (Å²) in [6, 6.07) is 14.3. The number of anilines is 3. The summed E-state index contributed by atoms with van der Waals surface area (Å²) in [7, 11) is 0. The Balaban J connectivity index is 1.42. The fourth-order valence-corrected chi connectivity index (χ4v) is 3.36. The van der Waals surface area contributed by atoms with Crippen LogP contribution in [0, 0.1) is 11.6 Å². The molecule has 29 heavy (non-hydrogen) atoms. The van der Waals surface area contributed by atoms with Gasteiger partial charge in [0.2, 0.25) is 0 Å². The molecular weight excluding hydrogens is 374 g/mol. The van der Waals surface area contributed by atoms with Crippen molar-refractivity contribution in [2.45, 2.75) is 0 Å². The van der Waals surface area contributed by atoms with Crippen LogP contribution in [0.1, 0.15) is 10.4 Å². The zero-order valence-corrected chi connectivity index (χ0v) is 15.7. The van der Waals surface area contributed by atoms with Crippen molar-refractivity contribution in [1.29, 1.82) is 0 Å². The zero-order valence-electron chi connectivity index (χ0n) is 15.7. The Morgan fingerprint density at radius 2 is 1.52 bits per heavy atom. The number of carbonyl (C=O) groups is 1. The number of halogens is 2. The summed E-state index contributed by atoms with van der Waals surface area (Å²) < 4.78 is 26.9. The monoisotopic (exact) mass is 394 g/mol. The largest absolute Gasteiger partial charge is 0.368 e. The summed E-state index contributed by atoms with van der Waals surface area (Å²) in [5, 5.41) is 2.58. The van der Waals surface area contributed by atoms with E-state index in [4.69, 9.17) is 0 Å². The third kappa shape index (κ3) is 4.34. The normalized spacial score (nSPS) is 14.0. The van der Waals surface area contributed by atoms with Gasteiger partial charge in [0, 0.05) is 38.1 Å². The van der Waals surface area contributed by atoms with Crippen molar-refractivity contribution in [3.05, 3.63) is 84.2 Å². The summed E-state index contributed by atoms with van der Waals surface area (Å²) in [6.07, 6.45) is 3.18. The molecule has 2 heterocycles. The molecule has 4 rings (SSSR count). The summed E-state index contributed by atoms with van der Waals surface area (Å²) in [6.45, 7) is 3.05. The quantitative estimate of drug-likeness (QED) is 0.728. The SMILES string of the molecule is O=C(Nc1ccccc1F)c1cncc(N2CCN(c3ccc(F)cc3)CC2)c1. The van der Waals surface area contributed by atoms with E-state index >= 15 is 0 Å². The molecule has 1 fully saturated rings. The predicted molar refractivity (Wildman–Crippen MR) is 109 cm³/mol. The minimum Gasteiger partial charge on any atom is -0.368 e. The van der Waals surface area contributed by atoms with Crippen molar-refractivity contribution in [2.75, 3.05) is 41.3 Å². The standard InChI is InChI=1S/C22H20F2N4O/c23-17-5-7-18(8-6-17)27-9-11-28(12-10-27)19-13-16(14-25-15-19)22(29)26-21-4-2-1-3-20(21)24/h1-8,13-15H,9-12H2,(H,26,29). The Kier molecular flexibility index (Phi) is 5.37. The molecule has 0 bridgehead atoms. The molecule has 0 unspecified atom stereocenters. The number of amides is 1. The molecule has 0 saturated carbocycles. The molecule has 3 aromatic rings. The Morgan fingerprint density at radius 1 is 0.862 bits per heavy atom. The number of benzene rings is 2. The van der Waals surface area contributed by atoms with Gasteiger partial charge in [0.25, 0.3) is 5.91 Å². The van der Waals surface area contributed by atoms with Crippen LogP contribution in [0.25, 0.3) is 0 Å². The number of hydrogen-bond acceptors (Lipinski definition) is 4. The molecule has 1 aliphatic heterocycles. The molecule has 1 N–H and O–H groups in total. The van der Waals surface area contributed by atoms with Crippen LogP contribution in [0.15, 0.2) is 67.0 Å². The Hall–Kier alpha value is -3.48. The number of hydrogen-bond donors (Lipinski definition) is 1. The van der Waals surface area contributed by atoms with Crippen LogP contribution in [-0.2, 0) is 0 Å². The molecule has 2 aromatic carbocycles. The molecule has 7 heteroatoms. The zero-order chi connectivity index (χ0) is 20.2. The number of nitrogens with one attached hydrogen (secondary N) is 1. The maximum absolute atomic E-state index is 13.8. The van der Waals surface area contributed by atoms with Gasteiger partial charge in [0.15, 0.2) is 0 Å². The van der Waals surface area contributed by atoms with Crippen molar-refractivity contribution >= 4 is 23.0 Å². The van der Waals surface area contributed by atoms with E-state index < -0.39 is 11.7 Å². The predicted octanol–water partition coefficient (Wildman–Crippen LogP) is 3.94. The lowest BCUT2D eigenvalue weighted by Crippen LogP contribution is -2.46. The molecule has 0 aliphatic carbocycles. The molecule has 1 amide bonds. The number of carbonyl (C=O) groups excluding carboxylic acids is 1. The van der Waals surface area contributed by atoms with Crippen LogP contribution in [0.3, 0.4) is 0 Å². The molecule has 0 radical (unpaired) electrons. The maximum Gasteiger partial charge on any atom is 0.257 e. The molecule has 1 saturated heterocycles. The van der Waals surface area contributed by atoms with E-state index in [1.807, 2.05) is 0 Å². The van der Waals surface area contributed by atoms with Crippen molar-refractivity contribution in [2.24, 2.45) is 0 Å². The molecule has 0 atom stereocenters. The lowest BCUT2D eigenvalue weighted by atomic mass is 10.2. The Morgan fingerprint density at radius 3 is 2.21 bits per heavy atom. The van der Waals surface area contributed by atoms with Crippen molar-refractivity contribution in [3.63, 3.8) is 0 Å². The first-order valence-corrected chi connectivity index (χ1v) is 9.36. The third-order valence-electron chi connectivity index (χ3n) is 4.94. The summed E-state index contributed by atoms with van der Waals surface area (Å²) in [4.78, 5) is 21.0. The highest BCUT2D eigenvalue weighted by atomic mass is 19.1. The number of pyridine rings is 1. The minimum absolute atomic E-state index is 0.135. The van der Waals surface area contributed by atoms with E-state index in [9.17, 15) is 13.6 Å². The van der Waals surface area contributed by atoms with Gasteiger partial charge in [-0.1, -0.05) is 12.1 Å². The smallest absolute Gasteiger partial charge is 0.257 e. The lowest BCUT2D eigenvalue weighted by molar-refractivity contribution is 0.102. The number of rotatable bonds is 4. The van der Waals surface area contributed by atoms with E-state index in [0.29, 0.717) is 5.56 Å². The highest BCUT2D eigenvalue weighted by Gasteiger charge is 2.19. The van der Waals surface area contributed by atoms with Gasteiger partial charge in [-0.3, -0.25) is 9.78 Å². The Bertz CT molecular complexity index is 1000. The number of nitrogens with zero attached hydrogens (tertiary/aromatic N) is 3. The van der Waals surface area contributed by atoms with Gasteiger partial charge in [0.05, 0.1) is 23.1 Å². The summed E-state index contributed by atoms with van der Waals surface area (Å²) in [5.41, 5.74) is 2.33. The molecule has 1 aromatic heterocycles. The number of para-hydroxylation sites is 1. The first kappa shape index (κ1) is 18.9. The van der Waals surface area contributed by atoms with Gasteiger partial charge in [-0.05, 0) is 42.5 Å². The van der Waals surface area contributed by atoms with Crippen LogP contribution in [0.4, 0.5) is 25.8 Å². The second kappa shape index (κ2) is 8.26. The van der Waals surface area contributed by atoms with E-state index in [1.54, 1.807) is 36.5 Å². The van der Waals surface area contributed by atoms with Crippen LogP contribution >= 0.6 is 0 Å². The minimum atomic E-state index is -0.484. The van der Waals surface area contributed by atoms with E-state index in [0.717, 1.165) is 37.6 Å². The van der Waals surface area contributed by atoms with Gasteiger partial charge < -0.3 is 15.1 Å². The van der Waals surface area contributed by atoms with E-state index in [1.165, 1.54) is 30.5 Å². The second-order valence-electron chi connectivity index (χ2n) is 6.82. The van der Waals surface area contributed by atoms with Gasteiger partial charge >= 0.3 is 0 Å². The average molecular weight is 394 g/mol. The molecule has 5 nitrogen and oxygen atoms in total. The highest BCUT2D eigenvalue weighted by molar-refractivity contribution is 6.04. The van der Waals surface area contributed by atoms with E-state index in [-0.39, 0.29) is 11.5 Å². The maximum atomic E-state index is 13.8. The van der Waals surface area contributed by atoms with Crippen molar-refractivity contribution in [1.82, 2.24) is 4.98 Å². The average Bonchev–Trinajstić information content (AvgIpc) is 2.76. The molecule has 148 valence electrons. The third-order valence-corrected chi connectivity index (χ3v) is 4.94. The van der Waals surface area contributed by atoms with Crippen LogP contribution < -0.4 is 15.1 Å². The summed E-state index contributed by atoms with van der Waals surface area (Å²) in [5.74, 6) is -1.14. The fraction of sp³-hybridized carbons (Fsp3) is 0.182. The van der Waals surface area contributed by atoms with Gasteiger partial charge in [-0.15, -0.1) is 0 Å². The van der Waals surface area contributed by atoms with Gasteiger partial charge in [-0.2, -0.15) is 0 Å². The first-order chi connectivity index (χ1) is 14.1.